The van der Waals surface area contributed by atoms with E-state index in [1.54, 1.807) is 12.1 Å². The second-order valence-corrected chi connectivity index (χ2v) is 19.5. The highest BCUT2D eigenvalue weighted by Crippen LogP contribution is 2.32. The summed E-state index contributed by atoms with van der Waals surface area (Å²) in [7, 11) is -0.638. The van der Waals surface area contributed by atoms with E-state index in [4.69, 9.17) is 46.3 Å². The zero-order chi connectivity index (χ0) is 27.6. The Hall–Kier alpha value is -2.05. The molecule has 0 radical (unpaired) electrons. The monoisotopic (exact) mass is 586 g/mol. The molecule has 0 saturated heterocycles. The maximum absolute atomic E-state index is 11.0. The molecule has 0 spiro atoms. The van der Waals surface area contributed by atoms with Crippen LogP contribution in [0.15, 0.2) is 36.4 Å². The van der Waals surface area contributed by atoms with E-state index in [9.17, 15) is 9.59 Å². The zero-order valence-corrected chi connectivity index (χ0v) is 25.8. The summed E-state index contributed by atoms with van der Waals surface area (Å²) in [5.41, 5.74) is 0.425. The van der Waals surface area contributed by atoms with Crippen LogP contribution in [0.2, 0.25) is 38.3 Å². The number of rotatable bonds is 14. The SMILES string of the molecule is COc1cc(CCC[Si](C)(C)O[Si](C)(C)CCCc2ccc(OC(=O)Cl)c(OC)c2)ccc1OC(=O)Cl. The fourth-order valence-electron chi connectivity index (χ4n) is 4.36. The zero-order valence-electron chi connectivity index (χ0n) is 22.3. The molecular weight excluding hydrogens is 551 g/mol. The van der Waals surface area contributed by atoms with Crippen molar-refractivity contribution in [2.75, 3.05) is 14.2 Å². The fourth-order valence-corrected chi connectivity index (χ4v) is 13.4. The Labute approximate surface area is 231 Å². The molecule has 37 heavy (non-hydrogen) atoms. The number of benzene rings is 2. The van der Waals surface area contributed by atoms with E-state index >= 15 is 0 Å². The molecule has 11 heteroatoms. The van der Waals surface area contributed by atoms with Gasteiger partial charge in [0.15, 0.2) is 39.6 Å². The van der Waals surface area contributed by atoms with Crippen LogP contribution in [-0.2, 0) is 17.0 Å². The minimum Gasteiger partial charge on any atom is -0.493 e. The van der Waals surface area contributed by atoms with Gasteiger partial charge in [0, 0.05) is 23.2 Å². The second-order valence-electron chi connectivity index (χ2n) is 9.98. The van der Waals surface area contributed by atoms with Gasteiger partial charge in [-0.05, 0) is 99.4 Å². The lowest BCUT2D eigenvalue weighted by atomic mass is 10.1. The number of halogens is 2. The first-order valence-electron chi connectivity index (χ1n) is 12.1. The van der Waals surface area contributed by atoms with Crippen molar-refractivity contribution in [3.8, 4) is 23.0 Å². The van der Waals surface area contributed by atoms with Crippen molar-refractivity contribution in [3.63, 3.8) is 0 Å². The fraction of sp³-hybridized carbons (Fsp3) is 0.462. The van der Waals surface area contributed by atoms with Gasteiger partial charge in [-0.2, -0.15) is 0 Å². The highest BCUT2D eigenvalue weighted by atomic mass is 35.5. The third kappa shape index (κ3) is 11.1. The second kappa shape index (κ2) is 14.2. The standard InChI is InChI=1S/C26H36Cl2O7Si2/c1-31-23-17-19(11-13-21(23)33-25(27)29)9-7-15-36(3,4)35-37(5,6)16-8-10-20-12-14-22(34-26(28)30)24(18-20)32-2/h11-14,17-18H,7-10,15-16H2,1-6H3. The van der Waals surface area contributed by atoms with Crippen LogP contribution in [-0.4, -0.2) is 41.7 Å². The molecule has 0 N–H and O–H groups in total. The summed E-state index contributed by atoms with van der Waals surface area (Å²) in [6, 6.07) is 13.1. The molecule has 0 saturated carbocycles. The number of methoxy groups -OCH3 is 2. The van der Waals surface area contributed by atoms with Gasteiger partial charge in [-0.3, -0.25) is 0 Å². The van der Waals surface area contributed by atoms with E-state index < -0.39 is 27.5 Å². The first-order chi connectivity index (χ1) is 17.3. The van der Waals surface area contributed by atoms with Crippen LogP contribution in [0, 0.1) is 0 Å². The van der Waals surface area contributed by atoms with E-state index in [1.807, 2.05) is 24.3 Å². The van der Waals surface area contributed by atoms with Gasteiger partial charge in [0.05, 0.1) is 14.2 Å². The van der Waals surface area contributed by atoms with Crippen molar-refractivity contribution in [2.45, 2.75) is 64.0 Å². The molecule has 0 aliphatic heterocycles. The summed E-state index contributed by atoms with van der Waals surface area (Å²) < 4.78 is 27.4. The molecular formula is C26H36Cl2O7Si2. The molecule has 7 nitrogen and oxygen atoms in total. The molecule has 0 aromatic heterocycles. The molecule has 0 atom stereocenters. The maximum Gasteiger partial charge on any atom is 0.409 e. The third-order valence-corrected chi connectivity index (χ3v) is 13.6. The van der Waals surface area contributed by atoms with Crippen LogP contribution in [0.1, 0.15) is 24.0 Å². The minimum atomic E-state index is -1.85. The Morgan fingerprint density at radius 1 is 0.676 bits per heavy atom. The lowest BCUT2D eigenvalue weighted by Crippen LogP contribution is -2.44. The Morgan fingerprint density at radius 2 is 1.05 bits per heavy atom. The van der Waals surface area contributed by atoms with Gasteiger partial charge in [0.2, 0.25) is 0 Å². The van der Waals surface area contributed by atoms with Crippen molar-refractivity contribution in [1.29, 1.82) is 0 Å². The number of carbonyl (C=O) groups is 2. The van der Waals surface area contributed by atoms with Gasteiger partial charge in [0.1, 0.15) is 0 Å². The molecule has 2 aromatic carbocycles. The number of hydrogen-bond acceptors (Lipinski definition) is 7. The normalized spacial score (nSPS) is 11.7. The smallest absolute Gasteiger partial charge is 0.409 e. The summed E-state index contributed by atoms with van der Waals surface area (Å²) in [6.45, 7) is 9.14. The van der Waals surface area contributed by atoms with Crippen molar-refractivity contribution in [1.82, 2.24) is 0 Å². The number of hydrogen-bond donors (Lipinski definition) is 0. The molecule has 2 aromatic rings. The minimum absolute atomic E-state index is 0.310. The van der Waals surface area contributed by atoms with Crippen LogP contribution in [0.4, 0.5) is 9.59 Å². The summed E-state index contributed by atoms with van der Waals surface area (Å²) in [5, 5.41) is 0. The van der Waals surface area contributed by atoms with Gasteiger partial charge in [0.25, 0.3) is 0 Å². The van der Waals surface area contributed by atoms with E-state index in [-0.39, 0.29) is 0 Å². The lowest BCUT2D eigenvalue weighted by Gasteiger charge is -2.34. The average molecular weight is 588 g/mol. The van der Waals surface area contributed by atoms with Gasteiger partial charge in [-0.25, -0.2) is 9.59 Å². The van der Waals surface area contributed by atoms with Gasteiger partial charge >= 0.3 is 10.9 Å². The largest absolute Gasteiger partial charge is 0.493 e. The molecule has 2 rings (SSSR count). The van der Waals surface area contributed by atoms with Crippen LogP contribution in [0.5, 0.6) is 23.0 Å². The van der Waals surface area contributed by atoms with E-state index in [0.717, 1.165) is 48.9 Å². The van der Waals surface area contributed by atoms with Crippen LogP contribution >= 0.6 is 23.2 Å². The predicted octanol–water partition coefficient (Wildman–Crippen LogP) is 8.17. The van der Waals surface area contributed by atoms with Gasteiger partial charge < -0.3 is 23.1 Å². The van der Waals surface area contributed by atoms with Crippen molar-refractivity contribution in [3.05, 3.63) is 47.5 Å². The van der Waals surface area contributed by atoms with Crippen LogP contribution in [0.25, 0.3) is 0 Å². The quantitative estimate of drug-likeness (QED) is 0.163. The van der Waals surface area contributed by atoms with Crippen LogP contribution in [0.3, 0.4) is 0 Å². The van der Waals surface area contributed by atoms with Gasteiger partial charge in [-0.1, -0.05) is 12.1 Å². The molecule has 0 amide bonds. The first-order valence-corrected chi connectivity index (χ1v) is 19.1. The molecule has 0 fully saturated rings. The van der Waals surface area contributed by atoms with Crippen LogP contribution < -0.4 is 18.9 Å². The topological polar surface area (TPSA) is 80.3 Å². The predicted molar refractivity (Wildman–Crippen MR) is 152 cm³/mol. The summed E-state index contributed by atoms with van der Waals surface area (Å²) in [5.74, 6) is 1.59. The van der Waals surface area contributed by atoms with E-state index in [1.165, 1.54) is 14.2 Å². The molecule has 0 heterocycles. The summed E-state index contributed by atoms with van der Waals surface area (Å²) in [4.78, 5) is 22.1. The molecule has 0 aliphatic rings. The maximum atomic E-state index is 11.0. The Morgan fingerprint density at radius 3 is 1.38 bits per heavy atom. The lowest BCUT2D eigenvalue weighted by molar-refractivity contribution is 0.222. The Kier molecular flexibility index (Phi) is 12.0. The van der Waals surface area contributed by atoms with Crippen molar-refractivity contribution < 1.29 is 32.7 Å². The average Bonchev–Trinajstić information content (AvgIpc) is 2.79. The number of aryl methyl sites for hydroxylation is 2. The molecule has 0 bridgehead atoms. The highest BCUT2D eigenvalue weighted by Gasteiger charge is 2.32. The van der Waals surface area contributed by atoms with E-state index in [0.29, 0.717) is 23.0 Å². The molecule has 0 unspecified atom stereocenters. The molecule has 204 valence electrons. The van der Waals surface area contributed by atoms with Gasteiger partial charge in [-0.15, -0.1) is 0 Å². The Balaban J connectivity index is 1.85. The highest BCUT2D eigenvalue weighted by molar-refractivity contribution is 6.84. The summed E-state index contributed by atoms with van der Waals surface area (Å²) >= 11 is 10.6. The van der Waals surface area contributed by atoms with E-state index in [2.05, 4.69) is 26.2 Å². The third-order valence-electron chi connectivity index (χ3n) is 5.88. The number of ether oxygens (including phenoxy) is 4. The summed E-state index contributed by atoms with van der Waals surface area (Å²) in [6.07, 6.45) is 3.76. The van der Waals surface area contributed by atoms with Crippen molar-refractivity contribution in [2.24, 2.45) is 0 Å². The Bertz CT molecular complexity index is 993. The first kappa shape index (κ1) is 31.2. The van der Waals surface area contributed by atoms with Crippen molar-refractivity contribution >= 4 is 50.7 Å². The number of carbonyl (C=O) groups excluding carboxylic acids is 2. The molecule has 0 aliphatic carbocycles.